The van der Waals surface area contributed by atoms with E-state index in [2.05, 4.69) is 30.8 Å². The van der Waals surface area contributed by atoms with Gasteiger partial charge in [-0.05, 0) is 12.0 Å². The molecule has 12 heteroatoms. The fraction of sp³-hybridized carbons (Fsp3) is 0.211. The molecule has 0 saturated heterocycles. The van der Waals surface area contributed by atoms with Crippen molar-refractivity contribution in [3.8, 4) is 5.82 Å². The normalized spacial score (nSPS) is 11.3. The molecule has 0 atom stereocenters. The Labute approximate surface area is 187 Å². The first-order chi connectivity index (χ1) is 14.9. The smallest absolute Gasteiger partial charge is 0.323 e. The number of nitrogens with two attached hydrogens (primary N) is 1. The molecule has 0 saturated carbocycles. The SMILES string of the molecule is CC(C)c1c(NC(=O)Nc2cnc(-n3cc(CN)cn3)c(Cl)c2)cnc2cc(Cl)nn12. The molecule has 31 heavy (non-hydrogen) atoms. The van der Waals surface area contributed by atoms with Crippen molar-refractivity contribution in [1.82, 2.24) is 29.4 Å². The number of nitrogens with one attached hydrogen (secondary N) is 2. The average molecular weight is 460 g/mol. The zero-order valence-corrected chi connectivity index (χ0v) is 18.2. The molecule has 4 heterocycles. The zero-order chi connectivity index (χ0) is 22.1. The van der Waals surface area contributed by atoms with Gasteiger partial charge in [-0.25, -0.2) is 24.0 Å². The van der Waals surface area contributed by atoms with Crippen molar-refractivity contribution in [3.63, 3.8) is 0 Å². The molecule has 160 valence electrons. The van der Waals surface area contributed by atoms with Crippen LogP contribution in [0.4, 0.5) is 16.2 Å². The molecule has 0 aliphatic rings. The van der Waals surface area contributed by atoms with Gasteiger partial charge in [-0.2, -0.15) is 10.2 Å². The van der Waals surface area contributed by atoms with Crippen LogP contribution >= 0.6 is 23.2 Å². The molecule has 0 fully saturated rings. The van der Waals surface area contributed by atoms with Crippen LogP contribution in [0.1, 0.15) is 31.0 Å². The molecule has 4 N–H and O–H groups in total. The molecule has 10 nitrogen and oxygen atoms in total. The summed E-state index contributed by atoms with van der Waals surface area (Å²) in [5, 5.41) is 14.6. The van der Waals surface area contributed by atoms with E-state index in [1.54, 1.807) is 35.2 Å². The predicted octanol–water partition coefficient (Wildman–Crippen LogP) is 3.84. The highest BCUT2D eigenvalue weighted by molar-refractivity contribution is 6.32. The number of carbonyl (C=O) groups is 1. The molecule has 0 bridgehead atoms. The fourth-order valence-corrected chi connectivity index (χ4v) is 3.54. The van der Waals surface area contributed by atoms with E-state index in [1.165, 1.54) is 10.9 Å². The average Bonchev–Trinajstić information content (AvgIpc) is 3.33. The van der Waals surface area contributed by atoms with Gasteiger partial charge in [0, 0.05) is 24.4 Å². The second-order valence-corrected chi connectivity index (χ2v) is 7.85. The Morgan fingerprint density at radius 2 is 1.97 bits per heavy atom. The van der Waals surface area contributed by atoms with Crippen LogP contribution in [0.25, 0.3) is 11.5 Å². The largest absolute Gasteiger partial charge is 0.326 e. The molecule has 0 aromatic carbocycles. The van der Waals surface area contributed by atoms with Gasteiger partial charge in [-0.15, -0.1) is 0 Å². The molecular formula is C19H19Cl2N9O. The van der Waals surface area contributed by atoms with Crippen LogP contribution in [0.15, 0.2) is 36.9 Å². The minimum atomic E-state index is -0.476. The Morgan fingerprint density at radius 1 is 1.16 bits per heavy atom. The van der Waals surface area contributed by atoms with E-state index in [1.807, 2.05) is 13.8 Å². The molecular weight excluding hydrogens is 441 g/mol. The maximum Gasteiger partial charge on any atom is 0.323 e. The summed E-state index contributed by atoms with van der Waals surface area (Å²) in [6.45, 7) is 4.34. The van der Waals surface area contributed by atoms with Crippen LogP contribution in [0.3, 0.4) is 0 Å². The lowest BCUT2D eigenvalue weighted by Crippen LogP contribution is -2.22. The summed E-state index contributed by atoms with van der Waals surface area (Å²) in [5.41, 5.74) is 8.76. The molecule has 0 aliphatic heterocycles. The Morgan fingerprint density at radius 3 is 2.65 bits per heavy atom. The van der Waals surface area contributed by atoms with E-state index in [4.69, 9.17) is 28.9 Å². The number of amides is 2. The highest BCUT2D eigenvalue weighted by Crippen LogP contribution is 2.26. The maximum absolute atomic E-state index is 12.6. The van der Waals surface area contributed by atoms with Crippen LogP contribution < -0.4 is 16.4 Å². The number of halogens is 2. The number of carbonyl (C=O) groups excluding carboxylic acids is 1. The number of urea groups is 1. The number of rotatable bonds is 5. The third-order valence-electron chi connectivity index (χ3n) is 4.45. The molecule has 0 unspecified atom stereocenters. The van der Waals surface area contributed by atoms with Crippen LogP contribution in [-0.4, -0.2) is 35.4 Å². The van der Waals surface area contributed by atoms with E-state index >= 15 is 0 Å². The van der Waals surface area contributed by atoms with Crippen LogP contribution in [0.2, 0.25) is 10.2 Å². The van der Waals surface area contributed by atoms with Gasteiger partial charge < -0.3 is 16.4 Å². The van der Waals surface area contributed by atoms with Crippen molar-refractivity contribution in [3.05, 3.63) is 58.4 Å². The van der Waals surface area contributed by atoms with Crippen LogP contribution in [-0.2, 0) is 6.54 Å². The summed E-state index contributed by atoms with van der Waals surface area (Å²) in [6.07, 6.45) is 6.44. The second kappa shape index (κ2) is 8.50. The fourth-order valence-electron chi connectivity index (χ4n) is 3.11. The van der Waals surface area contributed by atoms with E-state index in [0.29, 0.717) is 39.6 Å². The van der Waals surface area contributed by atoms with Gasteiger partial charge in [0.25, 0.3) is 0 Å². The van der Waals surface area contributed by atoms with Crippen LogP contribution in [0.5, 0.6) is 0 Å². The number of aromatic nitrogens is 6. The van der Waals surface area contributed by atoms with Crippen molar-refractivity contribution >= 4 is 46.3 Å². The van der Waals surface area contributed by atoms with Crippen molar-refractivity contribution in [2.75, 3.05) is 10.6 Å². The van der Waals surface area contributed by atoms with Crippen molar-refractivity contribution in [1.29, 1.82) is 0 Å². The third kappa shape index (κ3) is 4.31. The number of hydrogen-bond acceptors (Lipinski definition) is 6. The third-order valence-corrected chi connectivity index (χ3v) is 4.92. The molecule has 4 aromatic heterocycles. The molecule has 4 aromatic rings. The van der Waals surface area contributed by atoms with Gasteiger partial charge in [0.1, 0.15) is 0 Å². The first-order valence-electron chi connectivity index (χ1n) is 9.37. The number of anilines is 2. The summed E-state index contributed by atoms with van der Waals surface area (Å²) in [5.74, 6) is 0.485. The lowest BCUT2D eigenvalue weighted by Gasteiger charge is -2.15. The Bertz CT molecular complexity index is 1260. The zero-order valence-electron chi connectivity index (χ0n) is 16.7. The monoisotopic (exact) mass is 459 g/mol. The molecule has 0 radical (unpaired) electrons. The highest BCUT2D eigenvalue weighted by atomic mass is 35.5. The second-order valence-electron chi connectivity index (χ2n) is 7.05. The van der Waals surface area contributed by atoms with Crippen LogP contribution in [0, 0.1) is 0 Å². The van der Waals surface area contributed by atoms with Gasteiger partial charge in [0.05, 0.1) is 40.7 Å². The van der Waals surface area contributed by atoms with Crippen molar-refractivity contribution < 1.29 is 4.79 Å². The van der Waals surface area contributed by atoms with Crippen molar-refractivity contribution in [2.45, 2.75) is 26.3 Å². The summed E-state index contributed by atoms with van der Waals surface area (Å²) < 4.78 is 3.15. The molecule has 0 spiro atoms. The van der Waals surface area contributed by atoms with Gasteiger partial charge in [0.2, 0.25) is 0 Å². The Kier molecular flexibility index (Phi) is 5.77. The van der Waals surface area contributed by atoms with Gasteiger partial charge in [-0.3, -0.25) is 0 Å². The number of fused-ring (bicyclic) bond motifs is 1. The van der Waals surface area contributed by atoms with E-state index in [9.17, 15) is 4.79 Å². The number of nitrogens with zero attached hydrogens (tertiary/aromatic N) is 6. The quantitative estimate of drug-likeness (QED) is 0.415. The topological polar surface area (TPSA) is 128 Å². The molecule has 4 rings (SSSR count). The Hall–Kier alpha value is -3.21. The summed E-state index contributed by atoms with van der Waals surface area (Å²) >= 11 is 12.3. The number of hydrogen-bond donors (Lipinski definition) is 3. The van der Waals surface area contributed by atoms with Crippen molar-refractivity contribution in [2.24, 2.45) is 5.73 Å². The van der Waals surface area contributed by atoms with Gasteiger partial charge in [-0.1, -0.05) is 37.0 Å². The van der Waals surface area contributed by atoms with E-state index < -0.39 is 6.03 Å². The molecule has 0 aliphatic carbocycles. The van der Waals surface area contributed by atoms with E-state index in [-0.39, 0.29) is 5.92 Å². The molecule has 2 amide bonds. The Balaban J connectivity index is 1.54. The minimum absolute atomic E-state index is 0.0552. The van der Waals surface area contributed by atoms with Gasteiger partial charge >= 0.3 is 6.03 Å². The summed E-state index contributed by atoms with van der Waals surface area (Å²) in [6, 6.07) is 2.77. The van der Waals surface area contributed by atoms with Gasteiger partial charge in [0.15, 0.2) is 16.6 Å². The summed E-state index contributed by atoms with van der Waals surface area (Å²) in [4.78, 5) is 21.2. The maximum atomic E-state index is 12.6. The minimum Gasteiger partial charge on any atom is -0.326 e. The standard InChI is InChI=1S/C19H19Cl2N9O/c1-10(2)17-14(8-23-16-4-15(21)28-30(16)17)27-19(31)26-12-3-13(20)18(24-7-12)29-9-11(5-22)6-25-29/h3-4,6-10H,5,22H2,1-2H3,(H2,26,27,31). The first kappa shape index (κ1) is 21.0. The lowest BCUT2D eigenvalue weighted by atomic mass is 10.1. The predicted molar refractivity (Wildman–Crippen MR) is 119 cm³/mol. The van der Waals surface area contributed by atoms with E-state index in [0.717, 1.165) is 11.3 Å². The number of pyridine rings is 1. The summed E-state index contributed by atoms with van der Waals surface area (Å²) in [7, 11) is 0. The highest BCUT2D eigenvalue weighted by Gasteiger charge is 2.17. The lowest BCUT2D eigenvalue weighted by molar-refractivity contribution is 0.262. The first-order valence-corrected chi connectivity index (χ1v) is 10.1.